The van der Waals surface area contributed by atoms with Crippen molar-refractivity contribution in [2.75, 3.05) is 40.8 Å². The van der Waals surface area contributed by atoms with Crippen LogP contribution in [0.25, 0.3) is 0 Å². The summed E-state index contributed by atoms with van der Waals surface area (Å²) in [5.41, 5.74) is -0.445. The van der Waals surface area contributed by atoms with E-state index in [0.29, 0.717) is 19.0 Å². The SMILES string of the molecule is CO[C@H]1CN(C(=O)OC(C)(C)C)CC1CN(C)C. The van der Waals surface area contributed by atoms with Gasteiger partial charge in [-0.3, -0.25) is 0 Å². The molecule has 0 N–H and O–H groups in total. The molecule has 0 spiro atoms. The Labute approximate surface area is 110 Å². The van der Waals surface area contributed by atoms with E-state index in [9.17, 15) is 4.79 Å². The van der Waals surface area contributed by atoms with Gasteiger partial charge in [-0.15, -0.1) is 0 Å². The van der Waals surface area contributed by atoms with Gasteiger partial charge in [0.05, 0.1) is 12.6 Å². The summed E-state index contributed by atoms with van der Waals surface area (Å²) in [5, 5.41) is 0. The molecule has 0 bridgehead atoms. The molecule has 0 aromatic carbocycles. The predicted octanol–water partition coefficient (Wildman–Crippen LogP) is 1.43. The summed E-state index contributed by atoms with van der Waals surface area (Å²) in [6.07, 6.45) is -0.147. The van der Waals surface area contributed by atoms with Crippen LogP contribution in [-0.4, -0.2) is 68.4 Å². The van der Waals surface area contributed by atoms with Crippen molar-refractivity contribution in [3.63, 3.8) is 0 Å². The second-order valence-corrected chi connectivity index (χ2v) is 6.18. The third-order valence-electron chi connectivity index (χ3n) is 2.94. The number of rotatable bonds is 3. The fourth-order valence-corrected chi connectivity index (χ4v) is 2.23. The van der Waals surface area contributed by atoms with Crippen molar-refractivity contribution >= 4 is 6.09 Å². The van der Waals surface area contributed by atoms with E-state index in [0.717, 1.165) is 6.54 Å². The topological polar surface area (TPSA) is 42.0 Å². The fourth-order valence-electron chi connectivity index (χ4n) is 2.23. The van der Waals surface area contributed by atoms with Gasteiger partial charge in [-0.1, -0.05) is 0 Å². The van der Waals surface area contributed by atoms with Crippen molar-refractivity contribution in [2.24, 2.45) is 5.92 Å². The number of carbonyl (C=O) groups is 1. The second-order valence-electron chi connectivity index (χ2n) is 6.18. The number of hydrogen-bond acceptors (Lipinski definition) is 4. The van der Waals surface area contributed by atoms with Gasteiger partial charge in [0.2, 0.25) is 0 Å². The second kappa shape index (κ2) is 5.89. The van der Waals surface area contributed by atoms with Crippen LogP contribution in [0.5, 0.6) is 0 Å². The summed E-state index contributed by atoms with van der Waals surface area (Å²) < 4.78 is 10.8. The molecule has 0 radical (unpaired) electrons. The zero-order chi connectivity index (χ0) is 13.9. The van der Waals surface area contributed by atoms with Crippen molar-refractivity contribution in [3.8, 4) is 0 Å². The highest BCUT2D eigenvalue weighted by atomic mass is 16.6. The summed E-state index contributed by atoms with van der Waals surface area (Å²) in [5.74, 6) is 0.345. The Morgan fingerprint density at radius 2 is 1.94 bits per heavy atom. The first-order chi connectivity index (χ1) is 8.23. The summed E-state index contributed by atoms with van der Waals surface area (Å²) in [6, 6.07) is 0. The van der Waals surface area contributed by atoms with Gasteiger partial charge in [-0.25, -0.2) is 4.79 Å². The van der Waals surface area contributed by atoms with E-state index in [-0.39, 0.29) is 12.2 Å². The number of hydrogen-bond donors (Lipinski definition) is 0. The zero-order valence-corrected chi connectivity index (χ0v) is 12.4. The van der Waals surface area contributed by atoms with Gasteiger partial charge in [0.25, 0.3) is 0 Å². The molecule has 1 rings (SSSR count). The molecule has 1 heterocycles. The molecular weight excluding hydrogens is 232 g/mol. The van der Waals surface area contributed by atoms with Crippen molar-refractivity contribution in [3.05, 3.63) is 0 Å². The van der Waals surface area contributed by atoms with Gasteiger partial charge >= 0.3 is 6.09 Å². The third kappa shape index (κ3) is 4.46. The molecule has 1 aliphatic heterocycles. The van der Waals surface area contributed by atoms with Crippen LogP contribution in [0.4, 0.5) is 4.79 Å². The molecule has 1 fully saturated rings. The minimum absolute atomic E-state index is 0.0971. The molecule has 1 unspecified atom stereocenters. The molecule has 1 amide bonds. The van der Waals surface area contributed by atoms with Crippen LogP contribution in [0, 0.1) is 5.92 Å². The number of nitrogens with zero attached hydrogens (tertiary/aromatic N) is 2. The average Bonchev–Trinajstić information content (AvgIpc) is 2.57. The lowest BCUT2D eigenvalue weighted by Gasteiger charge is -2.24. The lowest BCUT2D eigenvalue weighted by atomic mass is 10.1. The summed E-state index contributed by atoms with van der Waals surface area (Å²) in [7, 11) is 5.76. The van der Waals surface area contributed by atoms with Crippen LogP contribution < -0.4 is 0 Å². The number of ether oxygens (including phenoxy) is 2. The zero-order valence-electron chi connectivity index (χ0n) is 12.4. The van der Waals surface area contributed by atoms with Gasteiger partial charge < -0.3 is 19.3 Å². The lowest BCUT2D eigenvalue weighted by Crippen LogP contribution is -2.36. The third-order valence-corrected chi connectivity index (χ3v) is 2.94. The molecule has 0 saturated carbocycles. The van der Waals surface area contributed by atoms with E-state index >= 15 is 0 Å². The van der Waals surface area contributed by atoms with Gasteiger partial charge in [0.15, 0.2) is 0 Å². The van der Waals surface area contributed by atoms with Crippen LogP contribution >= 0.6 is 0 Å². The Kier molecular flexibility index (Phi) is 4.99. The molecule has 18 heavy (non-hydrogen) atoms. The Morgan fingerprint density at radius 1 is 1.33 bits per heavy atom. The van der Waals surface area contributed by atoms with E-state index in [2.05, 4.69) is 4.90 Å². The van der Waals surface area contributed by atoms with Gasteiger partial charge in [0.1, 0.15) is 5.60 Å². The van der Waals surface area contributed by atoms with Crippen molar-refractivity contribution in [1.29, 1.82) is 0 Å². The van der Waals surface area contributed by atoms with E-state index < -0.39 is 5.60 Å². The molecule has 106 valence electrons. The maximum absolute atomic E-state index is 12.0. The number of amides is 1. The standard InChI is InChI=1S/C13H26N2O3/c1-13(2,3)18-12(16)15-8-10(7-14(4)5)11(9-15)17-6/h10-11H,7-9H2,1-6H3/t10?,11-/m0/s1. The number of likely N-dealkylation sites (tertiary alicyclic amines) is 1. The van der Waals surface area contributed by atoms with E-state index in [4.69, 9.17) is 9.47 Å². The molecule has 0 aromatic heterocycles. The first-order valence-electron chi connectivity index (χ1n) is 6.38. The Balaban J connectivity index is 2.58. The summed E-state index contributed by atoms with van der Waals surface area (Å²) in [4.78, 5) is 15.9. The van der Waals surface area contributed by atoms with E-state index in [1.54, 1.807) is 12.0 Å². The van der Waals surface area contributed by atoms with Crippen molar-refractivity contribution in [2.45, 2.75) is 32.5 Å². The number of methoxy groups -OCH3 is 1. The maximum Gasteiger partial charge on any atom is 0.410 e. The highest BCUT2D eigenvalue weighted by Gasteiger charge is 2.37. The quantitative estimate of drug-likeness (QED) is 0.768. The smallest absolute Gasteiger partial charge is 0.410 e. The minimum Gasteiger partial charge on any atom is -0.444 e. The molecule has 5 heteroatoms. The van der Waals surface area contributed by atoms with Crippen molar-refractivity contribution in [1.82, 2.24) is 9.80 Å². The fraction of sp³-hybridized carbons (Fsp3) is 0.923. The first kappa shape index (κ1) is 15.2. The Morgan fingerprint density at radius 3 is 2.39 bits per heavy atom. The summed E-state index contributed by atoms with van der Waals surface area (Å²) >= 11 is 0. The highest BCUT2D eigenvalue weighted by Crippen LogP contribution is 2.22. The van der Waals surface area contributed by atoms with Crippen LogP contribution in [0.2, 0.25) is 0 Å². The normalized spacial score (nSPS) is 24.7. The molecular formula is C13H26N2O3. The highest BCUT2D eigenvalue weighted by molar-refractivity contribution is 5.68. The lowest BCUT2D eigenvalue weighted by molar-refractivity contribution is 0.0251. The minimum atomic E-state index is -0.445. The van der Waals surface area contributed by atoms with Gasteiger partial charge in [0, 0.05) is 26.1 Å². The summed E-state index contributed by atoms with van der Waals surface area (Å²) in [6.45, 7) is 7.87. The molecule has 2 atom stereocenters. The van der Waals surface area contributed by atoms with Crippen LogP contribution in [-0.2, 0) is 9.47 Å². The molecule has 0 aliphatic carbocycles. The predicted molar refractivity (Wildman–Crippen MR) is 70.6 cm³/mol. The van der Waals surface area contributed by atoms with Gasteiger partial charge in [-0.05, 0) is 34.9 Å². The molecule has 0 aromatic rings. The monoisotopic (exact) mass is 258 g/mol. The average molecular weight is 258 g/mol. The Bertz CT molecular complexity index is 286. The van der Waals surface area contributed by atoms with Crippen molar-refractivity contribution < 1.29 is 14.3 Å². The van der Waals surface area contributed by atoms with Gasteiger partial charge in [-0.2, -0.15) is 0 Å². The van der Waals surface area contributed by atoms with Crippen LogP contribution in [0.15, 0.2) is 0 Å². The maximum atomic E-state index is 12.0. The Hall–Kier alpha value is -0.810. The first-order valence-corrected chi connectivity index (χ1v) is 6.38. The van der Waals surface area contributed by atoms with Crippen LogP contribution in [0.3, 0.4) is 0 Å². The molecule has 1 saturated heterocycles. The molecule has 5 nitrogen and oxygen atoms in total. The number of carbonyl (C=O) groups excluding carboxylic acids is 1. The molecule has 1 aliphatic rings. The van der Waals surface area contributed by atoms with E-state index in [1.165, 1.54) is 0 Å². The van der Waals surface area contributed by atoms with Crippen LogP contribution in [0.1, 0.15) is 20.8 Å². The van der Waals surface area contributed by atoms with E-state index in [1.807, 2.05) is 34.9 Å². The largest absolute Gasteiger partial charge is 0.444 e.